The van der Waals surface area contributed by atoms with E-state index in [1.54, 1.807) is 24.3 Å². The third kappa shape index (κ3) is 2.80. The number of benzene rings is 1. The zero-order valence-electron chi connectivity index (χ0n) is 10.1. The Morgan fingerprint density at radius 3 is 2.58 bits per heavy atom. The number of hydrogen-bond donors (Lipinski definition) is 0. The van der Waals surface area contributed by atoms with Crippen molar-refractivity contribution in [2.24, 2.45) is 0 Å². The summed E-state index contributed by atoms with van der Waals surface area (Å²) < 4.78 is 10.6. The van der Waals surface area contributed by atoms with Gasteiger partial charge in [0.05, 0.1) is 30.5 Å². The maximum absolute atomic E-state index is 8.96. The second-order valence-electron chi connectivity index (χ2n) is 3.59. The molecule has 19 heavy (non-hydrogen) atoms. The first kappa shape index (κ1) is 12.4. The summed E-state index contributed by atoms with van der Waals surface area (Å²) in [7, 11) is 1.51. The number of pyridine rings is 1. The van der Waals surface area contributed by atoms with Crippen molar-refractivity contribution in [1.82, 2.24) is 4.98 Å². The molecule has 0 aliphatic rings. The third-order valence-electron chi connectivity index (χ3n) is 2.38. The molecule has 0 aliphatic carbocycles. The Bertz CT molecular complexity index is 684. The Kier molecular flexibility index (Phi) is 3.61. The quantitative estimate of drug-likeness (QED) is 0.837. The Morgan fingerprint density at radius 2 is 1.89 bits per heavy atom. The van der Waals surface area contributed by atoms with Gasteiger partial charge in [0.2, 0.25) is 0 Å². The van der Waals surface area contributed by atoms with Crippen molar-refractivity contribution in [1.29, 1.82) is 10.5 Å². The number of hydrogen-bond acceptors (Lipinski definition) is 5. The maximum atomic E-state index is 8.96. The van der Waals surface area contributed by atoms with Crippen molar-refractivity contribution in [3.8, 4) is 29.4 Å². The molecule has 0 amide bonds. The number of nitriles is 2. The first-order chi connectivity index (χ1) is 9.26. The molecular weight excluding hydrogens is 242 g/mol. The molecule has 92 valence electrons. The fourth-order valence-corrected chi connectivity index (χ4v) is 1.49. The van der Waals surface area contributed by atoms with Crippen molar-refractivity contribution in [2.75, 3.05) is 7.11 Å². The SMILES string of the molecule is COc1cc(C#N)cc(Oc2cnccc2C#N)c1. The number of rotatable bonds is 3. The molecule has 1 aromatic carbocycles. The zero-order valence-corrected chi connectivity index (χ0v) is 10.1. The molecule has 0 spiro atoms. The fraction of sp³-hybridized carbons (Fsp3) is 0.0714. The highest BCUT2D eigenvalue weighted by atomic mass is 16.5. The first-order valence-corrected chi connectivity index (χ1v) is 5.38. The minimum atomic E-state index is 0.335. The van der Waals surface area contributed by atoms with Gasteiger partial charge in [0, 0.05) is 12.3 Å². The lowest BCUT2D eigenvalue weighted by Gasteiger charge is -2.08. The van der Waals surface area contributed by atoms with Gasteiger partial charge < -0.3 is 9.47 Å². The van der Waals surface area contributed by atoms with Gasteiger partial charge in [-0.2, -0.15) is 10.5 Å². The summed E-state index contributed by atoms with van der Waals surface area (Å²) in [5.41, 5.74) is 0.785. The lowest BCUT2D eigenvalue weighted by Crippen LogP contribution is -1.91. The van der Waals surface area contributed by atoms with Gasteiger partial charge in [-0.15, -0.1) is 0 Å². The van der Waals surface area contributed by atoms with E-state index in [1.165, 1.54) is 19.5 Å². The standard InChI is InChI=1S/C14H9N3O2/c1-18-12-4-10(7-15)5-13(6-12)19-14-9-17-3-2-11(14)8-16/h2-6,9H,1H3. The summed E-state index contributed by atoms with van der Waals surface area (Å²) in [6, 6.07) is 10.4. The Balaban J connectivity index is 2.39. The van der Waals surface area contributed by atoms with Crippen molar-refractivity contribution in [3.63, 3.8) is 0 Å². The molecule has 5 heteroatoms. The highest BCUT2D eigenvalue weighted by Gasteiger charge is 2.07. The van der Waals surface area contributed by atoms with E-state index in [0.29, 0.717) is 28.4 Å². The second-order valence-corrected chi connectivity index (χ2v) is 3.59. The molecule has 0 saturated carbocycles. The predicted molar refractivity (Wildman–Crippen MR) is 66.7 cm³/mol. The van der Waals surface area contributed by atoms with Crippen LogP contribution in [0.4, 0.5) is 0 Å². The summed E-state index contributed by atoms with van der Waals surface area (Å²) in [4.78, 5) is 3.90. The summed E-state index contributed by atoms with van der Waals surface area (Å²) in [5, 5.41) is 17.9. The molecule has 0 N–H and O–H groups in total. The van der Waals surface area contributed by atoms with Crippen LogP contribution in [-0.2, 0) is 0 Å². The molecule has 0 unspecified atom stereocenters. The van der Waals surface area contributed by atoms with Gasteiger partial charge in [0.15, 0.2) is 5.75 Å². The molecule has 0 radical (unpaired) electrons. The van der Waals surface area contributed by atoms with Gasteiger partial charge in [0.25, 0.3) is 0 Å². The molecule has 1 aromatic heterocycles. The first-order valence-electron chi connectivity index (χ1n) is 5.38. The lowest BCUT2D eigenvalue weighted by molar-refractivity contribution is 0.408. The highest BCUT2D eigenvalue weighted by molar-refractivity contribution is 5.48. The molecule has 0 bridgehead atoms. The Morgan fingerprint density at radius 1 is 1.11 bits per heavy atom. The van der Waals surface area contributed by atoms with Gasteiger partial charge >= 0.3 is 0 Å². The summed E-state index contributed by atoms with van der Waals surface area (Å²) in [5.74, 6) is 1.26. The number of ether oxygens (including phenoxy) is 2. The lowest BCUT2D eigenvalue weighted by atomic mass is 10.2. The molecule has 1 heterocycles. The van der Waals surface area contributed by atoms with Crippen molar-refractivity contribution >= 4 is 0 Å². The molecule has 2 aromatic rings. The Labute approximate surface area is 110 Å². The smallest absolute Gasteiger partial charge is 0.163 e. The number of methoxy groups -OCH3 is 1. The third-order valence-corrected chi connectivity index (χ3v) is 2.38. The van der Waals surface area contributed by atoms with Crippen molar-refractivity contribution in [3.05, 3.63) is 47.8 Å². The van der Waals surface area contributed by atoms with Crippen LogP contribution in [0.2, 0.25) is 0 Å². The fourth-order valence-electron chi connectivity index (χ4n) is 1.49. The summed E-state index contributed by atoms with van der Waals surface area (Å²) in [6.45, 7) is 0. The van der Waals surface area contributed by atoms with Crippen LogP contribution in [0, 0.1) is 22.7 Å². The predicted octanol–water partition coefficient (Wildman–Crippen LogP) is 2.63. The molecule has 0 atom stereocenters. The van der Waals surface area contributed by atoms with E-state index >= 15 is 0 Å². The molecule has 0 aliphatic heterocycles. The molecule has 2 rings (SSSR count). The molecule has 0 saturated heterocycles. The van der Waals surface area contributed by atoms with E-state index in [4.69, 9.17) is 20.0 Å². The molecule has 0 fully saturated rings. The number of nitrogens with zero attached hydrogens (tertiary/aromatic N) is 3. The number of aromatic nitrogens is 1. The normalized spacial score (nSPS) is 9.21. The van der Waals surface area contributed by atoms with Gasteiger partial charge in [-0.05, 0) is 18.2 Å². The van der Waals surface area contributed by atoms with Gasteiger partial charge in [-0.3, -0.25) is 4.98 Å². The van der Waals surface area contributed by atoms with Gasteiger partial charge in [0.1, 0.15) is 17.6 Å². The topological polar surface area (TPSA) is 78.9 Å². The van der Waals surface area contributed by atoms with Crippen LogP contribution >= 0.6 is 0 Å². The molecule has 5 nitrogen and oxygen atoms in total. The second kappa shape index (κ2) is 5.52. The van der Waals surface area contributed by atoms with Crippen molar-refractivity contribution < 1.29 is 9.47 Å². The van der Waals surface area contributed by atoms with E-state index in [-0.39, 0.29) is 0 Å². The minimum absolute atomic E-state index is 0.335. The van der Waals surface area contributed by atoms with E-state index < -0.39 is 0 Å². The van der Waals surface area contributed by atoms with E-state index in [0.717, 1.165) is 0 Å². The van der Waals surface area contributed by atoms with E-state index in [2.05, 4.69) is 4.98 Å². The average Bonchev–Trinajstić information content (AvgIpc) is 2.47. The summed E-state index contributed by atoms with van der Waals surface area (Å²) >= 11 is 0. The van der Waals surface area contributed by atoms with Crippen LogP contribution in [0.25, 0.3) is 0 Å². The summed E-state index contributed by atoms with van der Waals surface area (Å²) in [6.07, 6.45) is 2.96. The van der Waals surface area contributed by atoms with Crippen LogP contribution < -0.4 is 9.47 Å². The largest absolute Gasteiger partial charge is 0.497 e. The molecular formula is C14H9N3O2. The van der Waals surface area contributed by atoms with Crippen LogP contribution in [0.1, 0.15) is 11.1 Å². The van der Waals surface area contributed by atoms with E-state index in [1.807, 2.05) is 12.1 Å². The van der Waals surface area contributed by atoms with Crippen LogP contribution in [-0.4, -0.2) is 12.1 Å². The van der Waals surface area contributed by atoms with Crippen LogP contribution in [0.5, 0.6) is 17.2 Å². The van der Waals surface area contributed by atoms with E-state index in [9.17, 15) is 0 Å². The van der Waals surface area contributed by atoms with Gasteiger partial charge in [-0.1, -0.05) is 0 Å². The van der Waals surface area contributed by atoms with Crippen LogP contribution in [0.15, 0.2) is 36.7 Å². The minimum Gasteiger partial charge on any atom is -0.497 e. The zero-order chi connectivity index (χ0) is 13.7. The monoisotopic (exact) mass is 251 g/mol. The van der Waals surface area contributed by atoms with Crippen molar-refractivity contribution in [2.45, 2.75) is 0 Å². The highest BCUT2D eigenvalue weighted by Crippen LogP contribution is 2.28. The Hall–Kier alpha value is -3.05. The average molecular weight is 251 g/mol. The maximum Gasteiger partial charge on any atom is 0.163 e. The van der Waals surface area contributed by atoms with Crippen LogP contribution in [0.3, 0.4) is 0 Å². The van der Waals surface area contributed by atoms with Gasteiger partial charge in [-0.25, -0.2) is 0 Å².